The summed E-state index contributed by atoms with van der Waals surface area (Å²) in [5, 5.41) is 12.0. The Labute approximate surface area is 146 Å². The topological polar surface area (TPSA) is 88.0 Å². The molecule has 0 saturated heterocycles. The molecule has 0 radical (unpaired) electrons. The van der Waals surface area contributed by atoms with Crippen LogP contribution in [0.4, 0.5) is 5.82 Å². The Kier molecular flexibility index (Phi) is 4.03. The lowest BCUT2D eigenvalue weighted by atomic mass is 9.94. The highest BCUT2D eigenvalue weighted by molar-refractivity contribution is 6.07. The van der Waals surface area contributed by atoms with E-state index in [2.05, 4.69) is 11.4 Å². The number of anilines is 1. The third kappa shape index (κ3) is 2.98. The maximum absolute atomic E-state index is 12.7. The summed E-state index contributed by atoms with van der Waals surface area (Å²) in [6.07, 6.45) is 3.62. The Hall–Kier alpha value is -2.81. The number of carbonyl (C=O) groups excluding carboxylic acids is 2. The van der Waals surface area contributed by atoms with E-state index >= 15 is 0 Å². The number of hydrogen-bond donors (Lipinski definition) is 1. The van der Waals surface area contributed by atoms with E-state index in [1.54, 1.807) is 19.2 Å². The predicted octanol–water partition coefficient (Wildman–Crippen LogP) is 3.79. The monoisotopic (exact) mass is 339 g/mol. The van der Waals surface area contributed by atoms with Crippen LogP contribution in [0.2, 0.25) is 0 Å². The zero-order valence-electron chi connectivity index (χ0n) is 14.9. The zero-order valence-corrected chi connectivity index (χ0v) is 14.9. The van der Waals surface area contributed by atoms with E-state index in [4.69, 9.17) is 9.68 Å². The van der Waals surface area contributed by atoms with Crippen LogP contribution in [0, 0.1) is 18.3 Å². The second-order valence-electron chi connectivity index (χ2n) is 7.35. The van der Waals surface area contributed by atoms with Gasteiger partial charge in [0.15, 0.2) is 11.5 Å². The molecule has 0 bridgehead atoms. The van der Waals surface area contributed by atoms with Gasteiger partial charge in [-0.15, -0.1) is 0 Å². The fraction of sp³-hybridized carbons (Fsp3) is 0.421. The summed E-state index contributed by atoms with van der Waals surface area (Å²) in [5.41, 5.74) is 1.31. The smallest absolute Gasteiger partial charge is 0.292 e. The minimum Gasteiger partial charge on any atom is -0.455 e. The van der Waals surface area contributed by atoms with E-state index in [0.29, 0.717) is 41.1 Å². The van der Waals surface area contributed by atoms with Gasteiger partial charge >= 0.3 is 0 Å². The first-order valence-electron chi connectivity index (χ1n) is 8.32. The molecule has 130 valence electrons. The van der Waals surface area contributed by atoms with Crippen LogP contribution in [-0.4, -0.2) is 16.3 Å². The molecular weight excluding hydrogens is 318 g/mol. The van der Waals surface area contributed by atoms with Gasteiger partial charge in [-0.25, -0.2) is 0 Å². The number of aryl methyl sites for hydroxylation is 1. The molecular formula is C19H21N3O3. The Balaban J connectivity index is 1.96. The van der Waals surface area contributed by atoms with E-state index < -0.39 is 5.91 Å². The average molecular weight is 339 g/mol. The summed E-state index contributed by atoms with van der Waals surface area (Å²) in [7, 11) is 0. The van der Waals surface area contributed by atoms with Gasteiger partial charge in [0.05, 0.1) is 11.1 Å². The van der Waals surface area contributed by atoms with Crippen molar-refractivity contribution in [3.05, 3.63) is 40.5 Å². The van der Waals surface area contributed by atoms with Gasteiger partial charge in [-0.3, -0.25) is 9.59 Å². The van der Waals surface area contributed by atoms with Crippen molar-refractivity contribution in [2.45, 2.75) is 52.5 Å². The first kappa shape index (κ1) is 17.0. The molecule has 1 amide bonds. The second kappa shape index (κ2) is 5.92. The first-order chi connectivity index (χ1) is 11.7. The van der Waals surface area contributed by atoms with Crippen LogP contribution in [0.25, 0.3) is 0 Å². The third-order valence-electron chi connectivity index (χ3n) is 4.43. The lowest BCUT2D eigenvalue weighted by molar-refractivity contribution is 0.0963. The van der Waals surface area contributed by atoms with Crippen molar-refractivity contribution >= 4 is 17.5 Å². The van der Waals surface area contributed by atoms with Crippen LogP contribution in [0.15, 0.2) is 16.7 Å². The normalized spacial score (nSPS) is 14.1. The van der Waals surface area contributed by atoms with Crippen molar-refractivity contribution in [1.82, 2.24) is 4.57 Å². The highest BCUT2D eigenvalue weighted by Gasteiger charge is 2.29. The number of fused-ring (bicyclic) bond motifs is 1. The number of nitrogens with zero attached hydrogens (tertiary/aromatic N) is 2. The van der Waals surface area contributed by atoms with Crippen LogP contribution in [0.1, 0.15) is 71.4 Å². The Morgan fingerprint density at radius 2 is 2.08 bits per heavy atom. The molecule has 0 fully saturated rings. The van der Waals surface area contributed by atoms with Crippen LogP contribution < -0.4 is 5.32 Å². The number of carbonyl (C=O) groups is 2. The zero-order chi connectivity index (χ0) is 18.4. The minimum atomic E-state index is -0.409. The summed E-state index contributed by atoms with van der Waals surface area (Å²) in [5.74, 6) is 0.913. The Morgan fingerprint density at radius 3 is 2.68 bits per heavy atom. The highest BCUT2D eigenvalue weighted by atomic mass is 16.4. The van der Waals surface area contributed by atoms with Crippen molar-refractivity contribution in [3.8, 4) is 6.07 Å². The summed E-state index contributed by atoms with van der Waals surface area (Å²) >= 11 is 0. The summed E-state index contributed by atoms with van der Waals surface area (Å²) in [4.78, 5) is 24.8. The van der Waals surface area contributed by atoms with Gasteiger partial charge in [-0.2, -0.15) is 5.26 Å². The van der Waals surface area contributed by atoms with Gasteiger partial charge < -0.3 is 14.3 Å². The SMILES string of the molecule is Cc1c(C(=O)Nc2cc(C#N)cn2C(C)(C)C)oc2c1C(=O)CCC2. The van der Waals surface area contributed by atoms with Crippen LogP contribution in [0.5, 0.6) is 0 Å². The lowest BCUT2D eigenvalue weighted by Gasteiger charge is -2.24. The summed E-state index contributed by atoms with van der Waals surface area (Å²) in [6.45, 7) is 7.70. The molecule has 6 heteroatoms. The van der Waals surface area contributed by atoms with E-state index in [9.17, 15) is 9.59 Å². The summed E-state index contributed by atoms with van der Waals surface area (Å²) in [6, 6.07) is 3.72. The fourth-order valence-corrected chi connectivity index (χ4v) is 3.21. The van der Waals surface area contributed by atoms with Crippen molar-refractivity contribution in [2.75, 3.05) is 5.32 Å². The van der Waals surface area contributed by atoms with Gasteiger partial charge in [0.1, 0.15) is 17.6 Å². The number of nitrogens with one attached hydrogen (secondary N) is 1. The predicted molar refractivity (Wildman–Crippen MR) is 92.8 cm³/mol. The first-order valence-corrected chi connectivity index (χ1v) is 8.32. The highest BCUT2D eigenvalue weighted by Crippen LogP contribution is 2.30. The van der Waals surface area contributed by atoms with Gasteiger partial charge in [-0.05, 0) is 40.2 Å². The number of furan rings is 1. The molecule has 1 N–H and O–H groups in total. The molecule has 6 nitrogen and oxygen atoms in total. The van der Waals surface area contributed by atoms with E-state index in [-0.39, 0.29) is 17.1 Å². The molecule has 1 aliphatic carbocycles. The number of Topliss-reactive ketones (excluding diaryl/α,β-unsaturated/α-hetero) is 1. The molecule has 0 spiro atoms. The van der Waals surface area contributed by atoms with Crippen LogP contribution >= 0.6 is 0 Å². The summed E-state index contributed by atoms with van der Waals surface area (Å²) < 4.78 is 7.53. The van der Waals surface area contributed by atoms with Crippen LogP contribution in [-0.2, 0) is 12.0 Å². The Bertz CT molecular complexity index is 904. The quantitative estimate of drug-likeness (QED) is 0.901. The molecule has 0 atom stereocenters. The molecule has 1 aliphatic rings. The fourth-order valence-electron chi connectivity index (χ4n) is 3.21. The number of ketones is 1. The van der Waals surface area contributed by atoms with Crippen molar-refractivity contribution < 1.29 is 14.0 Å². The second-order valence-corrected chi connectivity index (χ2v) is 7.35. The number of amides is 1. The molecule has 25 heavy (non-hydrogen) atoms. The van der Waals surface area contributed by atoms with Crippen molar-refractivity contribution in [2.24, 2.45) is 0 Å². The van der Waals surface area contributed by atoms with Crippen molar-refractivity contribution in [1.29, 1.82) is 5.26 Å². The molecule has 3 rings (SSSR count). The average Bonchev–Trinajstić information content (AvgIpc) is 3.09. The maximum atomic E-state index is 12.7. The van der Waals surface area contributed by atoms with Gasteiger partial charge in [-0.1, -0.05) is 0 Å². The molecule has 0 aliphatic heterocycles. The maximum Gasteiger partial charge on any atom is 0.292 e. The van der Waals surface area contributed by atoms with Gasteiger partial charge in [0, 0.05) is 30.1 Å². The van der Waals surface area contributed by atoms with Crippen molar-refractivity contribution in [3.63, 3.8) is 0 Å². The minimum absolute atomic E-state index is 0.0337. The van der Waals surface area contributed by atoms with Gasteiger partial charge in [0.25, 0.3) is 5.91 Å². The van der Waals surface area contributed by atoms with E-state index in [1.807, 2.05) is 25.3 Å². The van der Waals surface area contributed by atoms with E-state index in [1.165, 1.54) is 0 Å². The van der Waals surface area contributed by atoms with Gasteiger partial charge in [0.2, 0.25) is 0 Å². The molecule has 0 unspecified atom stereocenters. The number of rotatable bonds is 2. The number of aromatic nitrogens is 1. The molecule has 2 aromatic heterocycles. The Morgan fingerprint density at radius 1 is 1.36 bits per heavy atom. The molecule has 0 aromatic carbocycles. The molecule has 2 aromatic rings. The largest absolute Gasteiger partial charge is 0.455 e. The lowest BCUT2D eigenvalue weighted by Crippen LogP contribution is -2.25. The standard InChI is InChI=1S/C19H21N3O3/c1-11-16-13(23)6-5-7-14(16)25-17(11)18(24)21-15-8-12(9-20)10-22(15)19(2,3)4/h8,10H,5-7H2,1-4H3,(H,21,24). The molecule has 0 saturated carbocycles. The number of hydrogen-bond acceptors (Lipinski definition) is 4. The number of nitriles is 1. The third-order valence-corrected chi connectivity index (χ3v) is 4.43. The van der Waals surface area contributed by atoms with Crippen LogP contribution in [0.3, 0.4) is 0 Å². The molecule has 2 heterocycles. The van der Waals surface area contributed by atoms with E-state index in [0.717, 1.165) is 6.42 Å².